The first-order chi connectivity index (χ1) is 14.3. The average molecular weight is 440 g/mol. The predicted molar refractivity (Wildman–Crippen MR) is 110 cm³/mol. The first-order valence-corrected chi connectivity index (χ1v) is 11.1. The zero-order chi connectivity index (χ0) is 22.1. The molecule has 0 aliphatic heterocycles. The maximum Gasteiger partial charge on any atom is 0.341 e. The van der Waals surface area contributed by atoms with Crippen LogP contribution in [0.25, 0.3) is 0 Å². The summed E-state index contributed by atoms with van der Waals surface area (Å²) in [5.74, 6) is -0.537. The first-order valence-electron chi connectivity index (χ1n) is 9.65. The Bertz CT molecular complexity index is 942. The third-order valence-electron chi connectivity index (χ3n) is 4.22. The van der Waals surface area contributed by atoms with Crippen molar-refractivity contribution in [2.24, 2.45) is 0 Å². The monoisotopic (exact) mass is 439 g/mol. The summed E-state index contributed by atoms with van der Waals surface area (Å²) >= 11 is 0. The van der Waals surface area contributed by atoms with E-state index in [0.717, 1.165) is 18.2 Å². The van der Waals surface area contributed by atoms with E-state index in [4.69, 9.17) is 14.2 Å². The van der Waals surface area contributed by atoms with Crippen LogP contribution in [0.3, 0.4) is 0 Å². The number of rotatable bonds is 11. The lowest BCUT2D eigenvalue weighted by Gasteiger charge is -2.18. The van der Waals surface area contributed by atoms with Crippen molar-refractivity contribution in [2.75, 3.05) is 32.9 Å². The van der Waals surface area contributed by atoms with Crippen LogP contribution in [0.1, 0.15) is 31.1 Å². The first kappa shape index (κ1) is 23.6. The highest BCUT2D eigenvalue weighted by Gasteiger charge is 2.24. The van der Waals surface area contributed by atoms with Crippen molar-refractivity contribution in [1.29, 1.82) is 0 Å². The Morgan fingerprint density at radius 1 is 0.933 bits per heavy atom. The van der Waals surface area contributed by atoms with Gasteiger partial charge in [-0.3, -0.25) is 0 Å². The molecule has 0 amide bonds. The van der Waals surface area contributed by atoms with Crippen molar-refractivity contribution in [2.45, 2.75) is 25.7 Å². The molecule has 0 radical (unpaired) electrons. The highest BCUT2D eigenvalue weighted by molar-refractivity contribution is 7.89. The second kappa shape index (κ2) is 10.9. The fourth-order valence-electron chi connectivity index (χ4n) is 2.70. The molecule has 0 heterocycles. The molecule has 0 saturated heterocycles. The topological polar surface area (TPSA) is 82.1 Å². The van der Waals surface area contributed by atoms with Crippen molar-refractivity contribution in [3.63, 3.8) is 0 Å². The number of ether oxygens (including phenoxy) is 3. The summed E-state index contributed by atoms with van der Waals surface area (Å²) < 4.78 is 56.3. The van der Waals surface area contributed by atoms with Gasteiger partial charge in [-0.15, -0.1) is 0 Å². The van der Waals surface area contributed by atoms with Crippen molar-refractivity contribution in [3.05, 3.63) is 53.8 Å². The molecule has 2 aromatic carbocycles. The standard InChI is InChI=1S/C21H26FNO6S/c1-4-23(5-2)30(25,26)18-11-12-20(22)19(15-18)21(24)29-14-13-28-17-9-7-16(8-10-17)27-6-3/h7-12,15H,4-6,13-14H2,1-3H3. The van der Waals surface area contributed by atoms with Crippen molar-refractivity contribution < 1.29 is 31.8 Å². The SMILES string of the molecule is CCOc1ccc(OCCOC(=O)c2cc(S(=O)(=O)N(CC)CC)ccc2F)cc1. The minimum atomic E-state index is -3.82. The van der Waals surface area contributed by atoms with Crippen molar-refractivity contribution in [3.8, 4) is 11.5 Å². The number of hydrogen-bond acceptors (Lipinski definition) is 6. The number of hydrogen-bond donors (Lipinski definition) is 0. The zero-order valence-electron chi connectivity index (χ0n) is 17.3. The fourth-order valence-corrected chi connectivity index (χ4v) is 4.19. The van der Waals surface area contributed by atoms with Gasteiger partial charge >= 0.3 is 5.97 Å². The van der Waals surface area contributed by atoms with Crippen LogP contribution in [0.4, 0.5) is 4.39 Å². The smallest absolute Gasteiger partial charge is 0.341 e. The Hall–Kier alpha value is -2.65. The van der Waals surface area contributed by atoms with E-state index in [0.29, 0.717) is 18.1 Å². The molecule has 9 heteroatoms. The van der Waals surface area contributed by atoms with E-state index in [-0.39, 0.29) is 31.2 Å². The second-order valence-corrected chi connectivity index (χ2v) is 8.06. The molecule has 2 aromatic rings. The highest BCUT2D eigenvalue weighted by Crippen LogP contribution is 2.20. The fraction of sp³-hybridized carbons (Fsp3) is 0.381. The van der Waals surface area contributed by atoms with Crippen molar-refractivity contribution >= 4 is 16.0 Å². The van der Waals surface area contributed by atoms with Gasteiger partial charge in [-0.05, 0) is 49.4 Å². The van der Waals surface area contributed by atoms with Crippen LogP contribution >= 0.6 is 0 Å². The molecule has 0 spiro atoms. The van der Waals surface area contributed by atoms with Crippen LogP contribution < -0.4 is 9.47 Å². The van der Waals surface area contributed by atoms with Crippen LogP contribution in [0.15, 0.2) is 47.4 Å². The molecule has 7 nitrogen and oxygen atoms in total. The Morgan fingerprint density at radius 2 is 1.53 bits per heavy atom. The lowest BCUT2D eigenvalue weighted by atomic mass is 10.2. The third-order valence-corrected chi connectivity index (χ3v) is 6.27. The molecular weight excluding hydrogens is 413 g/mol. The molecule has 0 aliphatic carbocycles. The molecule has 30 heavy (non-hydrogen) atoms. The molecular formula is C21H26FNO6S. The minimum Gasteiger partial charge on any atom is -0.494 e. The van der Waals surface area contributed by atoms with Gasteiger partial charge in [-0.2, -0.15) is 4.31 Å². The quantitative estimate of drug-likeness (QED) is 0.394. The van der Waals surface area contributed by atoms with Gasteiger partial charge in [0, 0.05) is 13.1 Å². The van der Waals surface area contributed by atoms with Crippen LogP contribution in [-0.4, -0.2) is 51.6 Å². The number of nitrogens with zero attached hydrogens (tertiary/aromatic N) is 1. The molecule has 164 valence electrons. The van der Waals surface area contributed by atoms with Gasteiger partial charge in [0.15, 0.2) is 0 Å². The third kappa shape index (κ3) is 5.93. The van der Waals surface area contributed by atoms with E-state index in [2.05, 4.69) is 0 Å². The summed E-state index contributed by atoms with van der Waals surface area (Å²) in [4.78, 5) is 12.1. The summed E-state index contributed by atoms with van der Waals surface area (Å²) in [6.45, 7) is 6.30. The Kier molecular flexibility index (Phi) is 8.61. The van der Waals surface area contributed by atoms with Gasteiger partial charge in [0.2, 0.25) is 10.0 Å². The Balaban J connectivity index is 1.98. The Morgan fingerprint density at radius 3 is 2.10 bits per heavy atom. The van der Waals surface area contributed by atoms with Gasteiger partial charge < -0.3 is 14.2 Å². The van der Waals surface area contributed by atoms with Gasteiger partial charge in [-0.1, -0.05) is 13.8 Å². The summed E-state index contributed by atoms with van der Waals surface area (Å²) in [5, 5.41) is 0. The number of benzene rings is 2. The number of carbonyl (C=O) groups is 1. The maximum absolute atomic E-state index is 14.1. The van der Waals surface area contributed by atoms with Gasteiger partial charge in [-0.25, -0.2) is 17.6 Å². The average Bonchev–Trinajstić information content (AvgIpc) is 2.73. The second-order valence-electron chi connectivity index (χ2n) is 6.12. The van der Waals surface area contributed by atoms with Gasteiger partial charge in [0.1, 0.15) is 30.5 Å². The molecule has 0 bridgehead atoms. The van der Waals surface area contributed by atoms with E-state index in [1.807, 2.05) is 6.92 Å². The highest BCUT2D eigenvalue weighted by atomic mass is 32.2. The maximum atomic E-state index is 14.1. The molecule has 0 aromatic heterocycles. The molecule has 0 unspecified atom stereocenters. The van der Waals surface area contributed by atoms with E-state index in [1.165, 1.54) is 4.31 Å². The van der Waals surface area contributed by atoms with E-state index >= 15 is 0 Å². The van der Waals surface area contributed by atoms with Crippen LogP contribution in [0.2, 0.25) is 0 Å². The van der Waals surface area contributed by atoms with Crippen LogP contribution in [0.5, 0.6) is 11.5 Å². The normalized spacial score (nSPS) is 11.4. The lowest BCUT2D eigenvalue weighted by Crippen LogP contribution is -2.30. The van der Waals surface area contributed by atoms with Crippen LogP contribution in [-0.2, 0) is 14.8 Å². The van der Waals surface area contributed by atoms with Gasteiger partial charge in [0.25, 0.3) is 0 Å². The van der Waals surface area contributed by atoms with Crippen LogP contribution in [0, 0.1) is 5.82 Å². The number of esters is 1. The summed E-state index contributed by atoms with van der Waals surface area (Å²) in [5.41, 5.74) is -0.440. The van der Waals surface area contributed by atoms with E-state index in [1.54, 1.807) is 38.1 Å². The zero-order valence-corrected chi connectivity index (χ0v) is 18.1. The van der Waals surface area contributed by atoms with Gasteiger partial charge in [0.05, 0.1) is 17.1 Å². The molecule has 0 fully saturated rings. The lowest BCUT2D eigenvalue weighted by molar-refractivity contribution is 0.0445. The predicted octanol–water partition coefficient (Wildman–Crippen LogP) is 3.49. The molecule has 0 N–H and O–H groups in total. The molecule has 2 rings (SSSR count). The summed E-state index contributed by atoms with van der Waals surface area (Å²) in [6.07, 6.45) is 0. The molecule has 0 aliphatic rings. The largest absolute Gasteiger partial charge is 0.494 e. The summed E-state index contributed by atoms with van der Waals surface area (Å²) in [6, 6.07) is 10.0. The number of sulfonamides is 1. The summed E-state index contributed by atoms with van der Waals surface area (Å²) in [7, 11) is -3.82. The van der Waals surface area contributed by atoms with Crippen molar-refractivity contribution in [1.82, 2.24) is 4.31 Å². The van der Waals surface area contributed by atoms with E-state index in [9.17, 15) is 17.6 Å². The minimum absolute atomic E-state index is 0.0543. The molecule has 0 saturated carbocycles. The molecule has 0 atom stereocenters. The number of halogens is 1. The Labute approximate surface area is 176 Å². The number of carbonyl (C=O) groups excluding carboxylic acids is 1. The van der Waals surface area contributed by atoms with E-state index < -0.39 is 27.4 Å².